The Morgan fingerprint density at radius 2 is 2.05 bits per heavy atom. The van der Waals surface area contributed by atoms with Crippen LogP contribution in [-0.2, 0) is 4.74 Å². The van der Waals surface area contributed by atoms with Crippen LogP contribution in [0.4, 0.5) is 5.82 Å². The Bertz CT molecular complexity index is 520. The first-order chi connectivity index (χ1) is 10.1. The summed E-state index contributed by atoms with van der Waals surface area (Å²) in [5.41, 5.74) is 5.08. The van der Waals surface area contributed by atoms with E-state index in [0.717, 1.165) is 12.8 Å². The van der Waals surface area contributed by atoms with Crippen molar-refractivity contribution in [3.8, 4) is 0 Å². The summed E-state index contributed by atoms with van der Waals surface area (Å²) < 4.78 is 7.31. The van der Waals surface area contributed by atoms with Crippen molar-refractivity contribution in [3.63, 3.8) is 0 Å². The topological polar surface area (TPSA) is 90.4 Å². The molecule has 3 N–H and O–H groups in total. The molecule has 0 bridgehead atoms. The molecule has 1 heterocycles. The summed E-state index contributed by atoms with van der Waals surface area (Å²) in [5, 5.41) is 9.61. The van der Waals surface area contributed by atoms with Gasteiger partial charge in [-0.25, -0.2) is 4.79 Å². The molecule has 0 radical (unpaired) electrons. The number of hydrogen-bond acceptors (Lipinski definition) is 5. The molecule has 6 heteroatoms. The molecule has 0 saturated carbocycles. The summed E-state index contributed by atoms with van der Waals surface area (Å²) in [4.78, 5) is 15.6. The van der Waals surface area contributed by atoms with E-state index in [1.807, 2.05) is 0 Å². The SMILES string of the molecule is CC(C)C[C@H](CC(C)(C)C)O[C@H](CO)n1ccc(N)nc1=O. The van der Waals surface area contributed by atoms with Crippen molar-refractivity contribution in [1.29, 1.82) is 0 Å². The van der Waals surface area contributed by atoms with Gasteiger partial charge in [-0.2, -0.15) is 4.98 Å². The maximum Gasteiger partial charge on any atom is 0.351 e. The van der Waals surface area contributed by atoms with E-state index in [2.05, 4.69) is 39.6 Å². The Balaban J connectivity index is 2.94. The van der Waals surface area contributed by atoms with Gasteiger partial charge in [0.15, 0.2) is 6.23 Å². The van der Waals surface area contributed by atoms with E-state index >= 15 is 0 Å². The number of nitrogens with two attached hydrogens (primary N) is 1. The van der Waals surface area contributed by atoms with Crippen LogP contribution in [0.1, 0.15) is 53.7 Å². The van der Waals surface area contributed by atoms with Gasteiger partial charge >= 0.3 is 5.69 Å². The zero-order valence-electron chi connectivity index (χ0n) is 14.2. The predicted octanol–water partition coefficient (Wildman–Crippen LogP) is 2.18. The molecule has 6 nitrogen and oxygen atoms in total. The molecule has 1 aromatic heterocycles. The third kappa shape index (κ3) is 6.15. The van der Waals surface area contributed by atoms with Crippen LogP contribution in [0.15, 0.2) is 17.1 Å². The van der Waals surface area contributed by atoms with Gasteiger partial charge in [0.05, 0.1) is 12.7 Å². The Morgan fingerprint density at radius 3 is 2.50 bits per heavy atom. The van der Waals surface area contributed by atoms with Gasteiger partial charge in [-0.1, -0.05) is 34.6 Å². The van der Waals surface area contributed by atoms with E-state index in [1.165, 1.54) is 16.8 Å². The molecule has 0 aromatic carbocycles. The molecule has 0 unspecified atom stereocenters. The molecule has 126 valence electrons. The highest BCUT2D eigenvalue weighted by atomic mass is 16.5. The van der Waals surface area contributed by atoms with Crippen molar-refractivity contribution >= 4 is 5.82 Å². The molecule has 0 amide bonds. The molecule has 0 aliphatic heterocycles. The first-order valence-corrected chi connectivity index (χ1v) is 7.73. The van der Waals surface area contributed by atoms with Gasteiger partial charge in [0.25, 0.3) is 0 Å². The van der Waals surface area contributed by atoms with Crippen molar-refractivity contribution in [2.45, 2.75) is 59.8 Å². The smallest absolute Gasteiger partial charge is 0.351 e. The highest BCUT2D eigenvalue weighted by Gasteiger charge is 2.24. The molecule has 22 heavy (non-hydrogen) atoms. The molecule has 0 saturated heterocycles. The molecule has 1 aromatic rings. The van der Waals surface area contributed by atoms with Gasteiger partial charge in [0, 0.05) is 6.20 Å². The lowest BCUT2D eigenvalue weighted by atomic mass is 9.86. The summed E-state index contributed by atoms with van der Waals surface area (Å²) >= 11 is 0. The number of nitrogens with zero attached hydrogens (tertiary/aromatic N) is 2. The van der Waals surface area contributed by atoms with Crippen molar-refractivity contribution < 1.29 is 9.84 Å². The molecular weight excluding hydrogens is 282 g/mol. The Hall–Kier alpha value is -1.40. The standard InChI is InChI=1S/C16H29N3O3/c1-11(2)8-12(9-16(3,4)5)22-14(10-20)19-7-6-13(17)18-15(19)21/h6-7,11-12,14,20H,8-10H2,1-5H3,(H2,17,18,21)/t12-,14-/m1/s1. The Labute approximate surface area is 132 Å². The van der Waals surface area contributed by atoms with Gasteiger partial charge in [0.2, 0.25) is 0 Å². The summed E-state index contributed by atoms with van der Waals surface area (Å²) in [6, 6.07) is 1.52. The van der Waals surface area contributed by atoms with Crippen LogP contribution in [0, 0.1) is 11.3 Å². The van der Waals surface area contributed by atoms with Gasteiger partial charge < -0.3 is 15.6 Å². The number of rotatable bonds is 7. The molecule has 1 rings (SSSR count). The maximum absolute atomic E-state index is 11.9. The largest absolute Gasteiger partial charge is 0.392 e. The number of aliphatic hydroxyl groups excluding tert-OH is 1. The van der Waals surface area contributed by atoms with E-state index in [-0.39, 0.29) is 23.9 Å². The zero-order valence-corrected chi connectivity index (χ0v) is 14.2. The second-order valence-corrected chi connectivity index (χ2v) is 7.33. The van der Waals surface area contributed by atoms with Crippen LogP contribution < -0.4 is 11.4 Å². The number of anilines is 1. The fourth-order valence-corrected chi connectivity index (χ4v) is 2.46. The lowest BCUT2D eigenvalue weighted by molar-refractivity contribution is -0.0998. The number of hydrogen-bond donors (Lipinski definition) is 2. The van der Waals surface area contributed by atoms with Crippen molar-refractivity contribution in [2.24, 2.45) is 11.3 Å². The lowest BCUT2D eigenvalue weighted by Gasteiger charge is -2.30. The minimum atomic E-state index is -0.744. The van der Waals surface area contributed by atoms with Crippen molar-refractivity contribution in [3.05, 3.63) is 22.7 Å². The summed E-state index contributed by atoms with van der Waals surface area (Å²) in [6.45, 7) is 10.4. The maximum atomic E-state index is 11.9. The normalized spacial score (nSPS) is 15.0. The minimum Gasteiger partial charge on any atom is -0.392 e. The highest BCUT2D eigenvalue weighted by molar-refractivity contribution is 5.23. The summed E-state index contributed by atoms with van der Waals surface area (Å²) in [7, 11) is 0. The fraction of sp³-hybridized carbons (Fsp3) is 0.750. The van der Waals surface area contributed by atoms with Crippen molar-refractivity contribution in [2.75, 3.05) is 12.3 Å². The second-order valence-electron chi connectivity index (χ2n) is 7.33. The summed E-state index contributed by atoms with van der Waals surface area (Å²) in [6.07, 6.45) is 2.44. The molecule has 0 fully saturated rings. The van der Waals surface area contributed by atoms with Gasteiger partial charge in [-0.15, -0.1) is 0 Å². The average Bonchev–Trinajstić information content (AvgIpc) is 2.33. The van der Waals surface area contributed by atoms with Crippen LogP contribution in [0.3, 0.4) is 0 Å². The number of aromatic nitrogens is 2. The van der Waals surface area contributed by atoms with Crippen LogP contribution in [0.25, 0.3) is 0 Å². The highest BCUT2D eigenvalue weighted by Crippen LogP contribution is 2.28. The van der Waals surface area contributed by atoms with Gasteiger partial charge in [0.1, 0.15) is 5.82 Å². The molecule has 0 aliphatic carbocycles. The lowest BCUT2D eigenvalue weighted by Crippen LogP contribution is -2.34. The fourth-order valence-electron chi connectivity index (χ4n) is 2.46. The zero-order chi connectivity index (χ0) is 16.9. The van der Waals surface area contributed by atoms with Crippen LogP contribution >= 0.6 is 0 Å². The molecular formula is C16H29N3O3. The predicted molar refractivity (Wildman–Crippen MR) is 87.4 cm³/mol. The minimum absolute atomic E-state index is 0.0402. The quantitative estimate of drug-likeness (QED) is 0.805. The van der Waals surface area contributed by atoms with E-state index in [1.54, 1.807) is 0 Å². The monoisotopic (exact) mass is 311 g/mol. The summed E-state index contributed by atoms with van der Waals surface area (Å²) in [5.74, 6) is 0.624. The Kier molecular flexibility index (Phi) is 6.56. The van der Waals surface area contributed by atoms with E-state index in [9.17, 15) is 9.90 Å². The van der Waals surface area contributed by atoms with Crippen LogP contribution in [-0.4, -0.2) is 27.4 Å². The average molecular weight is 311 g/mol. The van der Waals surface area contributed by atoms with Crippen LogP contribution in [0.5, 0.6) is 0 Å². The molecule has 2 atom stereocenters. The third-order valence-electron chi connectivity index (χ3n) is 3.24. The van der Waals surface area contributed by atoms with E-state index in [0.29, 0.717) is 5.92 Å². The number of aliphatic hydroxyl groups is 1. The second kappa shape index (κ2) is 7.74. The first-order valence-electron chi connectivity index (χ1n) is 7.73. The third-order valence-corrected chi connectivity index (χ3v) is 3.24. The van der Waals surface area contributed by atoms with Gasteiger partial charge in [-0.05, 0) is 30.2 Å². The van der Waals surface area contributed by atoms with Crippen molar-refractivity contribution in [1.82, 2.24) is 9.55 Å². The van der Waals surface area contributed by atoms with E-state index in [4.69, 9.17) is 10.5 Å². The Morgan fingerprint density at radius 1 is 1.41 bits per heavy atom. The van der Waals surface area contributed by atoms with Crippen LogP contribution in [0.2, 0.25) is 0 Å². The number of nitrogen functional groups attached to an aromatic ring is 1. The number of ether oxygens (including phenoxy) is 1. The first kappa shape index (κ1) is 18.6. The molecule has 0 spiro atoms. The van der Waals surface area contributed by atoms with Gasteiger partial charge in [-0.3, -0.25) is 4.57 Å². The van der Waals surface area contributed by atoms with E-state index < -0.39 is 11.9 Å². The molecule has 0 aliphatic rings.